The lowest BCUT2D eigenvalue weighted by molar-refractivity contribution is -0.126. The molecule has 0 heterocycles. The van der Waals surface area contributed by atoms with E-state index in [1.807, 2.05) is 6.92 Å². The second-order valence-electron chi connectivity index (χ2n) is 6.72. The Kier molecular flexibility index (Phi) is 16.4. The van der Waals surface area contributed by atoms with Gasteiger partial charge in [0.1, 0.15) is 11.6 Å². The van der Waals surface area contributed by atoms with Gasteiger partial charge in [-0.2, -0.15) is 0 Å². The van der Waals surface area contributed by atoms with Crippen LogP contribution < -0.4 is 16.8 Å². The molecule has 0 fully saturated rings. The quantitative estimate of drug-likeness (QED) is 0.250. The molecule has 162 valence electrons. The van der Waals surface area contributed by atoms with Gasteiger partial charge in [-0.05, 0) is 18.9 Å². The number of Topliss-reactive ketones (excluding diaryl/α,β-unsaturated/α-hetero) is 3. The molecule has 0 radical (unpaired) electrons. The minimum atomic E-state index is -0.334. The van der Waals surface area contributed by atoms with Crippen LogP contribution in [0.5, 0.6) is 0 Å². The van der Waals surface area contributed by atoms with Gasteiger partial charge < -0.3 is 26.3 Å². The van der Waals surface area contributed by atoms with Crippen LogP contribution in [0.25, 0.3) is 0 Å². The molecule has 0 bridgehead atoms. The average Bonchev–Trinajstić information content (AvgIpc) is 2.68. The fraction of sp³-hybridized carbons (Fsp3) is 0.789. The van der Waals surface area contributed by atoms with Crippen LogP contribution in [0.3, 0.4) is 0 Å². The number of ketones is 3. The molecule has 0 unspecified atom stereocenters. The molecule has 0 aromatic rings. The standard InChI is InChI=1S/C19H35N3O6/c1-15(12-20)11-16(23)6-8-28-10-9-27-7-2-3-18(25)14-22-19(26)5-4-17(24)13-21/h15H,2-14,20-21H2,1H3,(H,22,26)/t15-/m0/s1. The van der Waals surface area contributed by atoms with Crippen molar-refractivity contribution in [2.75, 3.05) is 46.1 Å². The van der Waals surface area contributed by atoms with Gasteiger partial charge in [0.05, 0.1) is 32.9 Å². The maximum Gasteiger partial charge on any atom is 0.220 e. The van der Waals surface area contributed by atoms with Crippen LogP contribution in [0.4, 0.5) is 0 Å². The third-order valence-corrected chi connectivity index (χ3v) is 3.96. The number of nitrogens with one attached hydrogen (secondary N) is 1. The van der Waals surface area contributed by atoms with E-state index in [0.717, 1.165) is 0 Å². The van der Waals surface area contributed by atoms with E-state index in [0.29, 0.717) is 58.7 Å². The zero-order valence-corrected chi connectivity index (χ0v) is 16.9. The van der Waals surface area contributed by atoms with E-state index in [4.69, 9.17) is 20.9 Å². The molecule has 5 N–H and O–H groups in total. The van der Waals surface area contributed by atoms with Gasteiger partial charge in [-0.15, -0.1) is 0 Å². The summed E-state index contributed by atoms with van der Waals surface area (Å²) in [5.74, 6) is -0.263. The van der Waals surface area contributed by atoms with Crippen molar-refractivity contribution in [2.45, 2.75) is 45.4 Å². The zero-order valence-electron chi connectivity index (χ0n) is 16.9. The maximum absolute atomic E-state index is 11.7. The van der Waals surface area contributed by atoms with Gasteiger partial charge in [-0.1, -0.05) is 6.92 Å². The lowest BCUT2D eigenvalue weighted by Crippen LogP contribution is -2.30. The minimum Gasteiger partial charge on any atom is -0.379 e. The second-order valence-corrected chi connectivity index (χ2v) is 6.72. The Morgan fingerprint density at radius 1 is 0.821 bits per heavy atom. The molecule has 1 atom stereocenters. The van der Waals surface area contributed by atoms with Gasteiger partial charge in [0.2, 0.25) is 5.91 Å². The first-order valence-corrected chi connectivity index (χ1v) is 9.76. The Morgan fingerprint density at radius 3 is 2.14 bits per heavy atom. The van der Waals surface area contributed by atoms with Crippen LogP contribution in [0.1, 0.15) is 45.4 Å². The van der Waals surface area contributed by atoms with Crippen molar-refractivity contribution < 1.29 is 28.7 Å². The summed E-state index contributed by atoms with van der Waals surface area (Å²) >= 11 is 0. The highest BCUT2D eigenvalue weighted by Gasteiger charge is 2.08. The van der Waals surface area contributed by atoms with Crippen LogP contribution in [-0.4, -0.2) is 69.3 Å². The normalized spacial score (nSPS) is 11.8. The van der Waals surface area contributed by atoms with Gasteiger partial charge in [-0.25, -0.2) is 0 Å². The van der Waals surface area contributed by atoms with E-state index < -0.39 is 0 Å². The second kappa shape index (κ2) is 17.4. The van der Waals surface area contributed by atoms with Gasteiger partial charge in [0.25, 0.3) is 0 Å². The molecular formula is C19H35N3O6. The number of nitrogens with two attached hydrogens (primary N) is 2. The van der Waals surface area contributed by atoms with Crippen molar-refractivity contribution in [3.8, 4) is 0 Å². The van der Waals surface area contributed by atoms with Crippen LogP contribution in [0.2, 0.25) is 0 Å². The van der Waals surface area contributed by atoms with E-state index in [9.17, 15) is 19.2 Å². The number of amides is 1. The molecule has 0 saturated carbocycles. The maximum atomic E-state index is 11.7. The topological polar surface area (TPSA) is 151 Å². The summed E-state index contributed by atoms with van der Waals surface area (Å²) in [5, 5.41) is 2.48. The highest BCUT2D eigenvalue weighted by atomic mass is 16.5. The number of carbonyl (C=O) groups excluding carboxylic acids is 4. The Labute approximate surface area is 166 Å². The molecule has 0 aliphatic rings. The molecule has 0 saturated heterocycles. The van der Waals surface area contributed by atoms with Crippen LogP contribution in [0, 0.1) is 5.92 Å². The summed E-state index contributed by atoms with van der Waals surface area (Å²) in [6, 6.07) is 0. The summed E-state index contributed by atoms with van der Waals surface area (Å²) in [6.45, 7) is 3.90. The largest absolute Gasteiger partial charge is 0.379 e. The van der Waals surface area contributed by atoms with Gasteiger partial charge in [0.15, 0.2) is 5.78 Å². The first-order chi connectivity index (χ1) is 13.4. The molecule has 0 aliphatic heterocycles. The molecule has 9 heteroatoms. The predicted molar refractivity (Wildman–Crippen MR) is 105 cm³/mol. The molecule has 0 aromatic carbocycles. The highest BCUT2D eigenvalue weighted by molar-refractivity contribution is 5.89. The molecular weight excluding hydrogens is 366 g/mol. The van der Waals surface area contributed by atoms with Crippen molar-refractivity contribution in [1.29, 1.82) is 0 Å². The number of carbonyl (C=O) groups is 4. The summed E-state index contributed by atoms with van der Waals surface area (Å²) in [6.07, 6.45) is 1.85. The Hall–Kier alpha value is -1.68. The number of rotatable bonds is 19. The number of hydrogen-bond acceptors (Lipinski definition) is 8. The van der Waals surface area contributed by atoms with Crippen LogP contribution >= 0.6 is 0 Å². The molecule has 0 rings (SSSR count). The molecule has 0 aliphatic carbocycles. The predicted octanol–water partition coefficient (Wildman–Crippen LogP) is -0.263. The smallest absolute Gasteiger partial charge is 0.220 e. The third kappa shape index (κ3) is 16.5. The van der Waals surface area contributed by atoms with Crippen molar-refractivity contribution in [2.24, 2.45) is 17.4 Å². The minimum absolute atomic E-state index is 0.0457. The van der Waals surface area contributed by atoms with Crippen molar-refractivity contribution in [3.63, 3.8) is 0 Å². The monoisotopic (exact) mass is 401 g/mol. The molecule has 1 amide bonds. The zero-order chi connectivity index (χ0) is 21.2. The average molecular weight is 402 g/mol. The Bertz CT molecular complexity index is 484. The van der Waals surface area contributed by atoms with E-state index in [1.54, 1.807) is 0 Å². The van der Waals surface area contributed by atoms with E-state index in [2.05, 4.69) is 5.32 Å². The molecule has 9 nitrogen and oxygen atoms in total. The van der Waals surface area contributed by atoms with E-state index in [1.165, 1.54) is 0 Å². The fourth-order valence-corrected chi connectivity index (χ4v) is 2.18. The first kappa shape index (κ1) is 26.3. The van der Waals surface area contributed by atoms with Gasteiger partial charge in [-0.3, -0.25) is 19.2 Å². The van der Waals surface area contributed by atoms with Gasteiger partial charge in [0, 0.05) is 38.7 Å². The number of hydrogen-bond donors (Lipinski definition) is 3. The fourth-order valence-electron chi connectivity index (χ4n) is 2.18. The van der Waals surface area contributed by atoms with E-state index >= 15 is 0 Å². The SMILES string of the molecule is C[C@H](CN)CC(=O)CCOCCOCCCC(=O)CNC(=O)CCC(=O)CN. The van der Waals surface area contributed by atoms with Gasteiger partial charge >= 0.3 is 0 Å². The summed E-state index contributed by atoms with van der Waals surface area (Å²) in [4.78, 5) is 45.7. The van der Waals surface area contributed by atoms with E-state index in [-0.39, 0.29) is 55.1 Å². The third-order valence-electron chi connectivity index (χ3n) is 3.96. The number of ether oxygens (including phenoxy) is 2. The first-order valence-electron chi connectivity index (χ1n) is 9.76. The summed E-state index contributed by atoms with van der Waals surface area (Å²) in [7, 11) is 0. The van der Waals surface area contributed by atoms with Crippen LogP contribution in [0.15, 0.2) is 0 Å². The highest BCUT2D eigenvalue weighted by Crippen LogP contribution is 2.02. The molecule has 0 aromatic heterocycles. The van der Waals surface area contributed by atoms with Crippen molar-refractivity contribution >= 4 is 23.3 Å². The lowest BCUT2D eigenvalue weighted by Gasteiger charge is -2.08. The molecule has 28 heavy (non-hydrogen) atoms. The molecule has 0 spiro atoms. The van der Waals surface area contributed by atoms with Crippen molar-refractivity contribution in [1.82, 2.24) is 5.32 Å². The summed E-state index contributed by atoms with van der Waals surface area (Å²) < 4.78 is 10.7. The Morgan fingerprint density at radius 2 is 1.50 bits per heavy atom. The Balaban J connectivity index is 3.46. The van der Waals surface area contributed by atoms with Crippen molar-refractivity contribution in [3.05, 3.63) is 0 Å². The summed E-state index contributed by atoms with van der Waals surface area (Å²) in [5.41, 5.74) is 10.6. The lowest BCUT2D eigenvalue weighted by atomic mass is 10.0. The van der Waals surface area contributed by atoms with Crippen LogP contribution in [-0.2, 0) is 28.7 Å².